The molecular weight excluding hydrogens is 218 g/mol. The predicted molar refractivity (Wildman–Crippen MR) is 67.9 cm³/mol. The van der Waals surface area contributed by atoms with Gasteiger partial charge in [-0.05, 0) is 37.5 Å². The van der Waals surface area contributed by atoms with Crippen molar-refractivity contribution < 1.29 is 14.6 Å². The van der Waals surface area contributed by atoms with Crippen molar-refractivity contribution in [2.75, 3.05) is 19.0 Å². The fourth-order valence-corrected chi connectivity index (χ4v) is 1.82. The second kappa shape index (κ2) is 5.57. The molecule has 17 heavy (non-hydrogen) atoms. The van der Waals surface area contributed by atoms with E-state index >= 15 is 0 Å². The Morgan fingerprint density at radius 2 is 2.00 bits per heavy atom. The van der Waals surface area contributed by atoms with Crippen molar-refractivity contribution in [1.29, 1.82) is 0 Å². The van der Waals surface area contributed by atoms with Crippen LogP contribution in [0.25, 0.3) is 0 Å². The molecule has 0 saturated heterocycles. The van der Waals surface area contributed by atoms with Crippen LogP contribution in [0.15, 0.2) is 6.07 Å². The van der Waals surface area contributed by atoms with Gasteiger partial charge in [0.25, 0.3) is 0 Å². The minimum Gasteiger partial charge on any atom is -0.494 e. The zero-order valence-corrected chi connectivity index (χ0v) is 10.8. The molecule has 0 spiro atoms. The van der Waals surface area contributed by atoms with Crippen LogP contribution >= 0.6 is 0 Å². The quantitative estimate of drug-likeness (QED) is 0.826. The number of carboxylic acids is 1. The fourth-order valence-electron chi connectivity index (χ4n) is 1.82. The molecule has 94 valence electrons. The maximum Gasteiger partial charge on any atom is 0.305 e. The second-order valence-electron chi connectivity index (χ2n) is 4.11. The summed E-state index contributed by atoms with van der Waals surface area (Å²) in [5, 5.41) is 11.7. The molecular formula is C13H19NO3. The standard InChI is InChI=1S/C13H19NO3/c1-8-7-9(2)12(13(17-4)10(8)3)14-6-5-11(15)16/h7,14H,5-6H2,1-4H3,(H,15,16). The van der Waals surface area contributed by atoms with Gasteiger partial charge >= 0.3 is 5.97 Å². The highest BCUT2D eigenvalue weighted by molar-refractivity contribution is 5.70. The summed E-state index contributed by atoms with van der Waals surface area (Å²) in [6.45, 7) is 6.41. The van der Waals surface area contributed by atoms with E-state index in [9.17, 15) is 4.79 Å². The van der Waals surface area contributed by atoms with Crippen molar-refractivity contribution in [3.05, 3.63) is 22.8 Å². The molecule has 0 aliphatic rings. The number of methoxy groups -OCH3 is 1. The highest BCUT2D eigenvalue weighted by Crippen LogP contribution is 2.33. The zero-order valence-electron chi connectivity index (χ0n) is 10.8. The lowest BCUT2D eigenvalue weighted by atomic mass is 10.0. The summed E-state index contributed by atoms with van der Waals surface area (Å²) >= 11 is 0. The van der Waals surface area contributed by atoms with E-state index in [1.54, 1.807) is 7.11 Å². The van der Waals surface area contributed by atoms with Gasteiger partial charge in [0.2, 0.25) is 0 Å². The molecule has 0 unspecified atom stereocenters. The summed E-state index contributed by atoms with van der Waals surface area (Å²) in [6.07, 6.45) is 0.0928. The lowest BCUT2D eigenvalue weighted by molar-refractivity contribution is -0.136. The van der Waals surface area contributed by atoms with Crippen molar-refractivity contribution >= 4 is 11.7 Å². The SMILES string of the molecule is COc1c(C)c(C)cc(C)c1NCCC(=O)O. The summed E-state index contributed by atoms with van der Waals surface area (Å²) in [5.41, 5.74) is 4.20. The number of nitrogens with one attached hydrogen (secondary N) is 1. The molecule has 1 aromatic carbocycles. The van der Waals surface area contributed by atoms with Crippen LogP contribution in [0.5, 0.6) is 5.75 Å². The Hall–Kier alpha value is -1.71. The van der Waals surface area contributed by atoms with Gasteiger partial charge in [-0.1, -0.05) is 6.07 Å². The maximum atomic E-state index is 10.5. The van der Waals surface area contributed by atoms with Crippen LogP contribution in [0.4, 0.5) is 5.69 Å². The molecule has 0 aliphatic heterocycles. The average Bonchev–Trinajstić information content (AvgIpc) is 2.25. The Bertz CT molecular complexity index is 427. The lowest BCUT2D eigenvalue weighted by Gasteiger charge is -2.17. The number of aryl methyl sites for hydroxylation is 2. The number of benzene rings is 1. The fraction of sp³-hybridized carbons (Fsp3) is 0.462. The third kappa shape index (κ3) is 3.12. The van der Waals surface area contributed by atoms with Crippen LogP contribution in [0.2, 0.25) is 0 Å². The van der Waals surface area contributed by atoms with E-state index < -0.39 is 5.97 Å². The third-order valence-corrected chi connectivity index (χ3v) is 2.83. The molecule has 2 N–H and O–H groups in total. The van der Waals surface area contributed by atoms with E-state index in [4.69, 9.17) is 9.84 Å². The predicted octanol–water partition coefficient (Wildman–Crippen LogP) is 2.51. The first-order valence-electron chi connectivity index (χ1n) is 5.57. The summed E-state index contributed by atoms with van der Waals surface area (Å²) in [5.74, 6) is -0.00848. The van der Waals surface area contributed by atoms with Crippen molar-refractivity contribution in [2.45, 2.75) is 27.2 Å². The van der Waals surface area contributed by atoms with Crippen LogP contribution in [-0.2, 0) is 4.79 Å². The molecule has 1 aromatic rings. The second-order valence-corrected chi connectivity index (χ2v) is 4.11. The van der Waals surface area contributed by atoms with E-state index in [1.807, 2.05) is 20.8 Å². The number of carboxylic acid groups (broad SMARTS) is 1. The smallest absolute Gasteiger partial charge is 0.305 e. The van der Waals surface area contributed by atoms with Crippen LogP contribution < -0.4 is 10.1 Å². The molecule has 0 bridgehead atoms. The van der Waals surface area contributed by atoms with Crippen molar-refractivity contribution in [3.8, 4) is 5.75 Å². The third-order valence-electron chi connectivity index (χ3n) is 2.83. The van der Waals surface area contributed by atoms with Gasteiger partial charge in [-0.15, -0.1) is 0 Å². The van der Waals surface area contributed by atoms with E-state index in [1.165, 1.54) is 5.56 Å². The number of carbonyl (C=O) groups is 1. The molecule has 4 heteroatoms. The van der Waals surface area contributed by atoms with Gasteiger partial charge in [0.15, 0.2) is 0 Å². The Labute approximate surface area is 102 Å². The number of hydrogen-bond acceptors (Lipinski definition) is 3. The van der Waals surface area contributed by atoms with Gasteiger partial charge in [0.1, 0.15) is 5.75 Å². The Kier molecular flexibility index (Phi) is 4.37. The maximum absolute atomic E-state index is 10.5. The molecule has 0 radical (unpaired) electrons. The molecule has 0 saturated carbocycles. The summed E-state index contributed by atoms with van der Waals surface area (Å²) < 4.78 is 5.39. The van der Waals surface area contributed by atoms with Gasteiger partial charge < -0.3 is 15.2 Å². The monoisotopic (exact) mass is 237 g/mol. The number of hydrogen-bond donors (Lipinski definition) is 2. The minimum absolute atomic E-state index is 0.0928. The van der Waals surface area contributed by atoms with Gasteiger partial charge in [-0.2, -0.15) is 0 Å². The largest absolute Gasteiger partial charge is 0.494 e. The molecule has 1 rings (SSSR count). The lowest BCUT2D eigenvalue weighted by Crippen LogP contribution is -2.10. The van der Waals surface area contributed by atoms with Gasteiger partial charge in [0.05, 0.1) is 19.2 Å². The van der Waals surface area contributed by atoms with Crippen LogP contribution in [0.1, 0.15) is 23.1 Å². The average molecular weight is 237 g/mol. The summed E-state index contributed by atoms with van der Waals surface area (Å²) in [4.78, 5) is 10.5. The van der Waals surface area contributed by atoms with Crippen molar-refractivity contribution in [3.63, 3.8) is 0 Å². The highest BCUT2D eigenvalue weighted by atomic mass is 16.5. The molecule has 0 atom stereocenters. The van der Waals surface area contributed by atoms with Crippen LogP contribution in [0, 0.1) is 20.8 Å². The number of anilines is 1. The van der Waals surface area contributed by atoms with Gasteiger partial charge in [-0.3, -0.25) is 4.79 Å². The van der Waals surface area contributed by atoms with E-state index in [2.05, 4.69) is 11.4 Å². The normalized spacial score (nSPS) is 10.1. The molecule has 0 aliphatic carbocycles. The van der Waals surface area contributed by atoms with E-state index in [-0.39, 0.29) is 6.42 Å². The first kappa shape index (κ1) is 13.4. The van der Waals surface area contributed by atoms with Crippen molar-refractivity contribution in [2.24, 2.45) is 0 Å². The molecule has 0 amide bonds. The molecule has 0 aromatic heterocycles. The topological polar surface area (TPSA) is 58.6 Å². The number of ether oxygens (including phenoxy) is 1. The first-order chi connectivity index (χ1) is 7.97. The van der Waals surface area contributed by atoms with Crippen molar-refractivity contribution in [1.82, 2.24) is 0 Å². The highest BCUT2D eigenvalue weighted by Gasteiger charge is 2.12. The molecule has 0 fully saturated rings. The molecule has 4 nitrogen and oxygen atoms in total. The minimum atomic E-state index is -0.807. The van der Waals surface area contributed by atoms with E-state index in [0.717, 1.165) is 22.6 Å². The first-order valence-corrected chi connectivity index (χ1v) is 5.57. The summed E-state index contributed by atoms with van der Waals surface area (Å²) in [7, 11) is 1.63. The Morgan fingerprint density at radius 3 is 2.53 bits per heavy atom. The van der Waals surface area contributed by atoms with Gasteiger partial charge in [-0.25, -0.2) is 0 Å². The number of aliphatic carboxylic acids is 1. The summed E-state index contributed by atoms with van der Waals surface area (Å²) in [6, 6.07) is 2.07. The van der Waals surface area contributed by atoms with E-state index in [0.29, 0.717) is 6.54 Å². The Morgan fingerprint density at radius 1 is 1.35 bits per heavy atom. The number of rotatable bonds is 5. The van der Waals surface area contributed by atoms with Crippen LogP contribution in [0.3, 0.4) is 0 Å². The van der Waals surface area contributed by atoms with Crippen LogP contribution in [-0.4, -0.2) is 24.7 Å². The Balaban J connectivity index is 2.97. The molecule has 0 heterocycles. The zero-order chi connectivity index (χ0) is 13.0. The van der Waals surface area contributed by atoms with Gasteiger partial charge in [0, 0.05) is 6.54 Å².